The Kier molecular flexibility index (Phi) is 4.39. The monoisotopic (exact) mass is 404 g/mol. The molecule has 0 fully saturated rings. The Hall–Kier alpha value is -3.06. The lowest BCUT2D eigenvalue weighted by atomic mass is 9.77. The molecule has 3 aromatic rings. The van der Waals surface area contributed by atoms with Crippen LogP contribution in [-0.4, -0.2) is 31.9 Å². The highest BCUT2D eigenvalue weighted by Gasteiger charge is 2.39. The third-order valence-electron chi connectivity index (χ3n) is 5.67. The van der Waals surface area contributed by atoms with Gasteiger partial charge in [-0.05, 0) is 42.0 Å². The van der Waals surface area contributed by atoms with Gasteiger partial charge in [0.2, 0.25) is 5.95 Å². The highest BCUT2D eigenvalue weighted by atomic mass is 32.2. The van der Waals surface area contributed by atoms with E-state index in [9.17, 15) is 9.90 Å². The molecule has 7 heteroatoms. The van der Waals surface area contributed by atoms with Crippen LogP contribution in [-0.2, 0) is 4.79 Å². The quantitative estimate of drug-likeness (QED) is 0.639. The van der Waals surface area contributed by atoms with E-state index in [2.05, 4.69) is 39.7 Å². The predicted molar refractivity (Wildman–Crippen MR) is 112 cm³/mol. The number of carbonyl (C=O) groups is 1. The number of rotatable bonds is 3. The van der Waals surface area contributed by atoms with Gasteiger partial charge in [-0.25, -0.2) is 4.68 Å². The summed E-state index contributed by atoms with van der Waals surface area (Å²) < 4.78 is 1.78. The van der Waals surface area contributed by atoms with Crippen molar-refractivity contribution in [1.82, 2.24) is 14.8 Å². The van der Waals surface area contributed by atoms with Gasteiger partial charge in [-0.3, -0.25) is 4.79 Å². The number of allylic oxidation sites excluding steroid dienone is 2. The fourth-order valence-electron chi connectivity index (χ4n) is 4.30. The smallest absolute Gasteiger partial charge is 0.226 e. The normalized spacial score (nSPS) is 20.8. The maximum Gasteiger partial charge on any atom is 0.226 e. The largest absolute Gasteiger partial charge is 0.508 e. The van der Waals surface area contributed by atoms with Crippen molar-refractivity contribution < 1.29 is 9.90 Å². The highest BCUT2D eigenvalue weighted by molar-refractivity contribution is 7.98. The van der Waals surface area contributed by atoms with Crippen LogP contribution in [0.1, 0.15) is 35.9 Å². The van der Waals surface area contributed by atoms with Crippen LogP contribution in [0.4, 0.5) is 5.95 Å². The number of phenolic OH excluding ortho intramolecular Hbond substituents is 1. The van der Waals surface area contributed by atoms with Crippen molar-refractivity contribution in [3.05, 3.63) is 77.3 Å². The lowest BCUT2D eigenvalue weighted by Crippen LogP contribution is -2.33. The molecule has 2 N–H and O–H groups in total. The van der Waals surface area contributed by atoms with Gasteiger partial charge in [0.25, 0.3) is 0 Å². The molecule has 0 amide bonds. The summed E-state index contributed by atoms with van der Waals surface area (Å²) in [5.74, 6) is 0.877. The second kappa shape index (κ2) is 7.08. The summed E-state index contributed by atoms with van der Waals surface area (Å²) in [4.78, 5) is 18.8. The van der Waals surface area contributed by atoms with Crippen LogP contribution in [0.2, 0.25) is 0 Å². The maximum atomic E-state index is 13.3. The van der Waals surface area contributed by atoms with Gasteiger partial charge in [-0.2, -0.15) is 10.1 Å². The maximum absolute atomic E-state index is 13.3. The molecule has 0 radical (unpaired) electrons. The van der Waals surface area contributed by atoms with Gasteiger partial charge >= 0.3 is 0 Å². The van der Waals surface area contributed by atoms with Gasteiger partial charge in [-0.15, -0.1) is 11.8 Å². The molecular weight excluding hydrogens is 384 g/mol. The van der Waals surface area contributed by atoms with Gasteiger partial charge in [0.1, 0.15) is 18.1 Å². The molecule has 6 nitrogen and oxygen atoms in total. The number of ketones is 1. The van der Waals surface area contributed by atoms with E-state index in [-0.39, 0.29) is 23.5 Å². The number of fused-ring (bicyclic) bond motifs is 1. The van der Waals surface area contributed by atoms with E-state index < -0.39 is 0 Å². The van der Waals surface area contributed by atoms with Crippen LogP contribution in [0, 0.1) is 0 Å². The number of phenols is 1. The van der Waals surface area contributed by atoms with E-state index in [1.165, 1.54) is 11.2 Å². The summed E-state index contributed by atoms with van der Waals surface area (Å²) >= 11 is 1.68. The number of Topliss-reactive ketones (excluding diaryl/α,β-unsaturated/α-hetero) is 1. The predicted octanol–water partition coefficient (Wildman–Crippen LogP) is 4.12. The minimum atomic E-state index is -0.294. The van der Waals surface area contributed by atoms with E-state index in [4.69, 9.17) is 0 Å². The van der Waals surface area contributed by atoms with Crippen molar-refractivity contribution in [2.75, 3.05) is 11.6 Å². The minimum Gasteiger partial charge on any atom is -0.508 e. The summed E-state index contributed by atoms with van der Waals surface area (Å²) in [6, 6.07) is 15.2. The average molecular weight is 404 g/mol. The number of hydrogen-bond acceptors (Lipinski definition) is 6. The molecule has 2 heterocycles. The van der Waals surface area contributed by atoms with Crippen molar-refractivity contribution in [3.8, 4) is 5.75 Å². The fraction of sp³-hybridized carbons (Fsp3) is 0.227. The Morgan fingerprint density at radius 3 is 2.69 bits per heavy atom. The molecule has 2 unspecified atom stereocenters. The van der Waals surface area contributed by atoms with Crippen LogP contribution in [0.3, 0.4) is 0 Å². The number of anilines is 1. The van der Waals surface area contributed by atoms with Crippen molar-refractivity contribution in [2.24, 2.45) is 0 Å². The molecule has 0 saturated carbocycles. The second-order valence-corrected chi connectivity index (χ2v) is 8.19. The van der Waals surface area contributed by atoms with Crippen LogP contribution in [0.5, 0.6) is 5.75 Å². The summed E-state index contributed by atoms with van der Waals surface area (Å²) in [6.07, 6.45) is 4.56. The van der Waals surface area contributed by atoms with Crippen LogP contribution in [0.25, 0.3) is 0 Å². The highest BCUT2D eigenvalue weighted by Crippen LogP contribution is 2.45. The van der Waals surface area contributed by atoms with Gasteiger partial charge in [-0.1, -0.05) is 30.3 Å². The number of aromatic nitrogens is 3. The number of thioether (sulfide) groups is 1. The Morgan fingerprint density at radius 2 is 1.93 bits per heavy atom. The second-order valence-electron chi connectivity index (χ2n) is 7.31. The molecule has 146 valence electrons. The molecule has 1 aromatic heterocycles. The average Bonchev–Trinajstić information content (AvgIpc) is 3.20. The Labute approximate surface area is 172 Å². The topological polar surface area (TPSA) is 80.0 Å². The number of hydrogen-bond donors (Lipinski definition) is 2. The number of carbonyl (C=O) groups excluding carboxylic acids is 1. The number of benzene rings is 2. The van der Waals surface area contributed by atoms with Gasteiger partial charge in [0, 0.05) is 28.5 Å². The number of aromatic hydroxyl groups is 1. The summed E-state index contributed by atoms with van der Waals surface area (Å²) in [7, 11) is 0. The number of para-hydroxylation sites is 1. The zero-order valence-corrected chi connectivity index (χ0v) is 16.7. The van der Waals surface area contributed by atoms with Gasteiger partial charge < -0.3 is 10.4 Å². The molecule has 0 saturated heterocycles. The van der Waals surface area contributed by atoms with Crippen LogP contribution >= 0.6 is 11.8 Å². The van der Waals surface area contributed by atoms with E-state index in [1.54, 1.807) is 28.6 Å². The zero-order chi connectivity index (χ0) is 20.0. The van der Waals surface area contributed by atoms with Crippen molar-refractivity contribution in [2.45, 2.75) is 29.7 Å². The first-order chi connectivity index (χ1) is 14.2. The Bertz CT molecular complexity index is 1120. The van der Waals surface area contributed by atoms with E-state index in [0.717, 1.165) is 22.4 Å². The molecule has 5 rings (SSSR count). The Morgan fingerprint density at radius 1 is 1.14 bits per heavy atom. The molecule has 2 aliphatic rings. The first-order valence-electron chi connectivity index (χ1n) is 9.50. The minimum absolute atomic E-state index is 0.0658. The summed E-state index contributed by atoms with van der Waals surface area (Å²) in [5.41, 5.74) is 3.43. The molecule has 0 bridgehead atoms. The van der Waals surface area contributed by atoms with Crippen molar-refractivity contribution >= 4 is 23.5 Å². The van der Waals surface area contributed by atoms with Crippen molar-refractivity contribution in [1.29, 1.82) is 0 Å². The molecular formula is C22H20N4O2S. The van der Waals surface area contributed by atoms with E-state index in [1.807, 2.05) is 18.4 Å². The SMILES string of the molecule is CSc1ccc(C2C3=C(CC(c4ccccc4O)CC3=O)Nc3ncnn32)cc1. The summed E-state index contributed by atoms with van der Waals surface area (Å²) in [6.45, 7) is 0. The number of nitrogens with zero attached hydrogens (tertiary/aromatic N) is 3. The van der Waals surface area contributed by atoms with Crippen LogP contribution < -0.4 is 5.32 Å². The van der Waals surface area contributed by atoms with Gasteiger partial charge in [0.15, 0.2) is 5.78 Å². The van der Waals surface area contributed by atoms with E-state index in [0.29, 0.717) is 18.8 Å². The fourth-order valence-corrected chi connectivity index (χ4v) is 4.71. The number of nitrogens with one attached hydrogen (secondary N) is 1. The molecule has 29 heavy (non-hydrogen) atoms. The van der Waals surface area contributed by atoms with Crippen LogP contribution in [0.15, 0.2) is 71.0 Å². The van der Waals surface area contributed by atoms with E-state index >= 15 is 0 Å². The molecule has 1 aliphatic heterocycles. The molecule has 2 atom stereocenters. The third kappa shape index (κ3) is 3.02. The first kappa shape index (κ1) is 18.0. The zero-order valence-electron chi connectivity index (χ0n) is 15.9. The summed E-state index contributed by atoms with van der Waals surface area (Å²) in [5, 5.41) is 18.0. The van der Waals surface area contributed by atoms with Gasteiger partial charge in [0.05, 0.1) is 0 Å². The standard InChI is InChI=1S/C22H20N4O2S/c1-29-15-8-6-13(7-9-15)21-20-17(25-22-23-12-24-26(21)22)10-14(11-19(20)28)16-4-2-3-5-18(16)27/h2-9,12,14,21,27H,10-11H2,1H3,(H,23,24,25). The molecule has 1 aliphatic carbocycles. The lowest BCUT2D eigenvalue weighted by molar-refractivity contribution is -0.116. The third-order valence-corrected chi connectivity index (χ3v) is 6.41. The lowest BCUT2D eigenvalue weighted by Gasteiger charge is -2.35. The van der Waals surface area contributed by atoms with Crippen molar-refractivity contribution in [3.63, 3.8) is 0 Å². The molecule has 2 aromatic carbocycles. The molecule has 0 spiro atoms. The Balaban J connectivity index is 1.59. The first-order valence-corrected chi connectivity index (χ1v) is 10.7.